The standard InChI is InChI=1S/C21H26N2O5S/c1-21(2)13-18(17-12-15(27-4)10-11-19(17)28-21)22-20(24)14-23(3)29(25,26)16-8-6-5-7-9-16/h5-12,18H,13-14H2,1-4H3,(H,22,24)/t18-/m0/s1. The molecule has 29 heavy (non-hydrogen) atoms. The van der Waals surface area contributed by atoms with Gasteiger partial charge in [-0.25, -0.2) is 8.42 Å². The van der Waals surface area contributed by atoms with Crippen molar-refractivity contribution in [1.82, 2.24) is 9.62 Å². The van der Waals surface area contributed by atoms with Gasteiger partial charge in [-0.3, -0.25) is 4.79 Å². The predicted molar refractivity (Wildman–Crippen MR) is 109 cm³/mol. The lowest BCUT2D eigenvalue weighted by Crippen LogP contribution is -2.44. The van der Waals surface area contributed by atoms with Crippen molar-refractivity contribution in [2.24, 2.45) is 0 Å². The summed E-state index contributed by atoms with van der Waals surface area (Å²) in [5, 5.41) is 2.96. The summed E-state index contributed by atoms with van der Waals surface area (Å²) in [6.45, 7) is 3.62. The fraction of sp³-hybridized carbons (Fsp3) is 0.381. The number of likely N-dealkylation sites (N-methyl/N-ethyl adjacent to an activating group) is 1. The molecule has 1 aliphatic rings. The van der Waals surface area contributed by atoms with Gasteiger partial charge in [-0.05, 0) is 44.2 Å². The zero-order chi connectivity index (χ0) is 21.2. The Morgan fingerprint density at radius 2 is 1.93 bits per heavy atom. The number of benzene rings is 2. The van der Waals surface area contributed by atoms with E-state index < -0.39 is 15.6 Å². The first kappa shape index (κ1) is 21.1. The topological polar surface area (TPSA) is 84.9 Å². The predicted octanol–water partition coefficient (Wildman–Crippen LogP) is 2.73. The van der Waals surface area contributed by atoms with Gasteiger partial charge in [0.2, 0.25) is 15.9 Å². The van der Waals surface area contributed by atoms with Crippen LogP contribution in [0.15, 0.2) is 53.4 Å². The maximum absolute atomic E-state index is 12.7. The molecule has 3 rings (SSSR count). The minimum Gasteiger partial charge on any atom is -0.497 e. The smallest absolute Gasteiger partial charge is 0.243 e. The van der Waals surface area contributed by atoms with Gasteiger partial charge in [0.25, 0.3) is 0 Å². The van der Waals surface area contributed by atoms with E-state index in [2.05, 4.69) is 5.32 Å². The molecule has 0 aliphatic carbocycles. The van der Waals surface area contributed by atoms with Crippen molar-refractivity contribution in [2.75, 3.05) is 20.7 Å². The van der Waals surface area contributed by atoms with Crippen LogP contribution < -0.4 is 14.8 Å². The summed E-state index contributed by atoms with van der Waals surface area (Å²) in [5.41, 5.74) is 0.340. The average molecular weight is 419 g/mol. The number of ether oxygens (including phenoxy) is 2. The van der Waals surface area contributed by atoms with E-state index in [-0.39, 0.29) is 23.4 Å². The molecule has 0 unspecified atom stereocenters. The SMILES string of the molecule is COc1ccc2c(c1)[C@@H](NC(=O)CN(C)S(=O)(=O)c1ccccc1)CC(C)(C)O2. The molecule has 0 radical (unpaired) electrons. The Hall–Kier alpha value is -2.58. The molecule has 1 N–H and O–H groups in total. The van der Waals surface area contributed by atoms with Crippen molar-refractivity contribution in [1.29, 1.82) is 0 Å². The zero-order valence-electron chi connectivity index (χ0n) is 17.0. The number of rotatable bonds is 6. The monoisotopic (exact) mass is 418 g/mol. The van der Waals surface area contributed by atoms with Crippen LogP contribution >= 0.6 is 0 Å². The second-order valence-electron chi connectivity index (χ2n) is 7.66. The molecule has 0 saturated heterocycles. The summed E-state index contributed by atoms with van der Waals surface area (Å²) >= 11 is 0. The van der Waals surface area contributed by atoms with Crippen LogP contribution in [0.1, 0.15) is 31.9 Å². The minimum atomic E-state index is -3.74. The van der Waals surface area contributed by atoms with Crippen LogP contribution in [-0.4, -0.2) is 44.9 Å². The molecular weight excluding hydrogens is 392 g/mol. The van der Waals surface area contributed by atoms with Gasteiger partial charge >= 0.3 is 0 Å². The number of amides is 1. The number of carbonyl (C=O) groups excluding carboxylic acids is 1. The van der Waals surface area contributed by atoms with Crippen LogP contribution in [0.3, 0.4) is 0 Å². The van der Waals surface area contributed by atoms with Crippen LogP contribution in [0.2, 0.25) is 0 Å². The maximum atomic E-state index is 12.7. The van der Waals surface area contributed by atoms with Gasteiger partial charge in [0.1, 0.15) is 17.1 Å². The Labute approximate surface area is 171 Å². The summed E-state index contributed by atoms with van der Waals surface area (Å²) in [6.07, 6.45) is 0.550. The second-order valence-corrected chi connectivity index (χ2v) is 9.71. The van der Waals surface area contributed by atoms with Gasteiger partial charge in [-0.15, -0.1) is 0 Å². The third-order valence-corrected chi connectivity index (χ3v) is 6.64. The fourth-order valence-electron chi connectivity index (χ4n) is 3.39. The molecule has 156 valence electrons. The normalized spacial score (nSPS) is 17.9. The molecule has 1 atom stereocenters. The Kier molecular flexibility index (Phi) is 5.86. The number of sulfonamides is 1. The number of carbonyl (C=O) groups is 1. The van der Waals surface area contributed by atoms with E-state index in [1.807, 2.05) is 26.0 Å². The van der Waals surface area contributed by atoms with Crippen LogP contribution in [0, 0.1) is 0 Å². The molecule has 0 fully saturated rings. The van der Waals surface area contributed by atoms with Gasteiger partial charge in [-0.2, -0.15) is 4.31 Å². The van der Waals surface area contributed by atoms with E-state index >= 15 is 0 Å². The molecule has 2 aromatic carbocycles. The Bertz CT molecular complexity index is 989. The first-order chi connectivity index (χ1) is 13.6. The molecule has 0 bridgehead atoms. The van der Waals surface area contributed by atoms with E-state index in [1.54, 1.807) is 31.4 Å². The highest BCUT2D eigenvalue weighted by molar-refractivity contribution is 7.89. The van der Waals surface area contributed by atoms with Crippen LogP contribution in [0.4, 0.5) is 0 Å². The lowest BCUT2D eigenvalue weighted by molar-refractivity contribution is -0.122. The quantitative estimate of drug-likeness (QED) is 0.780. The fourth-order valence-corrected chi connectivity index (χ4v) is 4.54. The number of hydrogen-bond acceptors (Lipinski definition) is 5. The molecule has 2 aromatic rings. The van der Waals surface area contributed by atoms with Crippen molar-refractivity contribution < 1.29 is 22.7 Å². The lowest BCUT2D eigenvalue weighted by Gasteiger charge is -2.38. The van der Waals surface area contributed by atoms with E-state index in [0.717, 1.165) is 9.87 Å². The summed E-state index contributed by atoms with van der Waals surface area (Å²) in [5.74, 6) is 0.955. The van der Waals surface area contributed by atoms with Gasteiger partial charge in [0.15, 0.2) is 0 Å². The molecule has 1 amide bonds. The van der Waals surface area contributed by atoms with Crippen molar-refractivity contribution in [2.45, 2.75) is 36.8 Å². The summed E-state index contributed by atoms with van der Waals surface area (Å²) in [4.78, 5) is 12.8. The van der Waals surface area contributed by atoms with Gasteiger partial charge < -0.3 is 14.8 Å². The van der Waals surface area contributed by atoms with Crippen LogP contribution in [0.5, 0.6) is 11.5 Å². The number of nitrogens with one attached hydrogen (secondary N) is 1. The van der Waals surface area contributed by atoms with E-state index in [9.17, 15) is 13.2 Å². The van der Waals surface area contributed by atoms with E-state index in [0.29, 0.717) is 17.9 Å². The molecule has 0 aromatic heterocycles. The van der Waals surface area contributed by atoms with Crippen molar-refractivity contribution in [3.8, 4) is 11.5 Å². The molecule has 7 nitrogen and oxygen atoms in total. The number of methoxy groups -OCH3 is 1. The third-order valence-electron chi connectivity index (χ3n) is 4.83. The first-order valence-corrected chi connectivity index (χ1v) is 10.7. The molecule has 1 aliphatic heterocycles. The second kappa shape index (κ2) is 8.04. The summed E-state index contributed by atoms with van der Waals surface area (Å²) in [6, 6.07) is 13.2. The van der Waals surface area contributed by atoms with E-state index in [1.165, 1.54) is 19.2 Å². The van der Waals surface area contributed by atoms with Crippen LogP contribution in [-0.2, 0) is 14.8 Å². The van der Waals surface area contributed by atoms with Crippen molar-refractivity contribution in [3.63, 3.8) is 0 Å². The zero-order valence-corrected chi connectivity index (χ0v) is 17.8. The molecule has 1 heterocycles. The summed E-state index contributed by atoms with van der Waals surface area (Å²) in [7, 11) is -0.770. The third kappa shape index (κ3) is 4.71. The molecule has 8 heteroatoms. The number of hydrogen-bond donors (Lipinski definition) is 1. The molecule has 0 saturated carbocycles. The van der Waals surface area contributed by atoms with E-state index in [4.69, 9.17) is 9.47 Å². The number of nitrogens with zero attached hydrogens (tertiary/aromatic N) is 1. The highest BCUT2D eigenvalue weighted by atomic mass is 32.2. The van der Waals surface area contributed by atoms with Crippen molar-refractivity contribution in [3.05, 3.63) is 54.1 Å². The Balaban J connectivity index is 1.77. The Morgan fingerprint density at radius 3 is 2.59 bits per heavy atom. The highest BCUT2D eigenvalue weighted by Crippen LogP contribution is 2.41. The largest absolute Gasteiger partial charge is 0.497 e. The van der Waals surface area contributed by atoms with Crippen LogP contribution in [0.25, 0.3) is 0 Å². The molecule has 0 spiro atoms. The van der Waals surface area contributed by atoms with Gasteiger partial charge in [0.05, 0.1) is 24.6 Å². The van der Waals surface area contributed by atoms with Gasteiger partial charge in [0, 0.05) is 19.0 Å². The summed E-state index contributed by atoms with van der Waals surface area (Å²) < 4.78 is 37.7. The minimum absolute atomic E-state index is 0.151. The number of fused-ring (bicyclic) bond motifs is 1. The van der Waals surface area contributed by atoms with Crippen molar-refractivity contribution >= 4 is 15.9 Å². The molecular formula is C21H26N2O5S. The highest BCUT2D eigenvalue weighted by Gasteiger charge is 2.35. The Morgan fingerprint density at radius 1 is 1.24 bits per heavy atom. The van der Waals surface area contributed by atoms with Gasteiger partial charge in [-0.1, -0.05) is 18.2 Å². The first-order valence-electron chi connectivity index (χ1n) is 9.30. The lowest BCUT2D eigenvalue weighted by atomic mass is 9.89. The maximum Gasteiger partial charge on any atom is 0.243 e. The average Bonchev–Trinajstić information content (AvgIpc) is 2.67.